The standard InChI is InChI=1S/C12H24N2O/c1-4-14(3)12(15)10(2)13-9-11-7-5-6-8-11/h10-11,13H,4-9H2,1-3H3. The third-order valence-corrected chi connectivity index (χ3v) is 3.41. The minimum absolute atomic E-state index is 0.0319. The Morgan fingerprint density at radius 1 is 1.47 bits per heavy atom. The lowest BCUT2D eigenvalue weighted by atomic mass is 10.1. The van der Waals surface area contributed by atoms with Crippen molar-refractivity contribution in [3.8, 4) is 0 Å². The van der Waals surface area contributed by atoms with Crippen molar-refractivity contribution < 1.29 is 4.79 Å². The van der Waals surface area contributed by atoms with Crippen molar-refractivity contribution in [3.05, 3.63) is 0 Å². The van der Waals surface area contributed by atoms with E-state index in [9.17, 15) is 4.79 Å². The van der Waals surface area contributed by atoms with Crippen molar-refractivity contribution in [2.45, 2.75) is 45.6 Å². The second-order valence-corrected chi connectivity index (χ2v) is 4.63. The van der Waals surface area contributed by atoms with E-state index in [0.717, 1.165) is 19.0 Å². The summed E-state index contributed by atoms with van der Waals surface area (Å²) in [6.07, 6.45) is 5.39. The summed E-state index contributed by atoms with van der Waals surface area (Å²) in [4.78, 5) is 13.5. The fraction of sp³-hybridized carbons (Fsp3) is 0.917. The molecule has 0 aliphatic heterocycles. The smallest absolute Gasteiger partial charge is 0.239 e. The number of nitrogens with zero attached hydrogens (tertiary/aromatic N) is 1. The highest BCUT2D eigenvalue weighted by Crippen LogP contribution is 2.23. The maximum Gasteiger partial charge on any atom is 0.239 e. The molecular formula is C12H24N2O. The topological polar surface area (TPSA) is 32.3 Å². The molecule has 0 spiro atoms. The van der Waals surface area contributed by atoms with Crippen LogP contribution in [0.5, 0.6) is 0 Å². The number of carbonyl (C=O) groups excluding carboxylic acids is 1. The maximum absolute atomic E-state index is 11.7. The Kier molecular flexibility index (Phi) is 5.09. The van der Waals surface area contributed by atoms with E-state index in [0.29, 0.717) is 0 Å². The molecule has 0 bridgehead atoms. The molecule has 1 saturated carbocycles. The third-order valence-electron chi connectivity index (χ3n) is 3.41. The van der Waals surface area contributed by atoms with Crippen LogP contribution in [0.15, 0.2) is 0 Å². The van der Waals surface area contributed by atoms with Gasteiger partial charge >= 0.3 is 0 Å². The van der Waals surface area contributed by atoms with Crippen LogP contribution in [0.2, 0.25) is 0 Å². The van der Waals surface area contributed by atoms with Crippen LogP contribution in [-0.2, 0) is 4.79 Å². The van der Waals surface area contributed by atoms with E-state index in [1.807, 2.05) is 20.9 Å². The molecule has 1 fully saturated rings. The second-order valence-electron chi connectivity index (χ2n) is 4.63. The SMILES string of the molecule is CCN(C)C(=O)C(C)NCC1CCCC1. The summed E-state index contributed by atoms with van der Waals surface area (Å²) in [6.45, 7) is 5.75. The molecule has 0 aromatic rings. The van der Waals surface area contributed by atoms with Crippen molar-refractivity contribution >= 4 is 5.91 Å². The molecule has 0 saturated heterocycles. The number of carbonyl (C=O) groups is 1. The van der Waals surface area contributed by atoms with Crippen molar-refractivity contribution in [1.82, 2.24) is 10.2 Å². The molecule has 0 radical (unpaired) electrons. The first-order chi connectivity index (χ1) is 7.15. The molecular weight excluding hydrogens is 188 g/mol. The Bertz CT molecular complexity index is 200. The van der Waals surface area contributed by atoms with Gasteiger partial charge in [0.25, 0.3) is 0 Å². The molecule has 88 valence electrons. The zero-order valence-corrected chi connectivity index (χ0v) is 10.3. The van der Waals surface area contributed by atoms with Gasteiger partial charge in [-0.15, -0.1) is 0 Å². The van der Waals surface area contributed by atoms with Crippen LogP contribution in [0.3, 0.4) is 0 Å². The lowest BCUT2D eigenvalue weighted by Gasteiger charge is -2.21. The Hall–Kier alpha value is -0.570. The Labute approximate surface area is 93.2 Å². The van der Waals surface area contributed by atoms with Crippen LogP contribution >= 0.6 is 0 Å². The fourth-order valence-electron chi connectivity index (χ4n) is 2.13. The Balaban J connectivity index is 2.22. The largest absolute Gasteiger partial charge is 0.345 e. The van der Waals surface area contributed by atoms with Crippen LogP contribution in [0.4, 0.5) is 0 Å². The van der Waals surface area contributed by atoms with Crippen molar-refractivity contribution in [2.24, 2.45) is 5.92 Å². The number of rotatable bonds is 5. The van der Waals surface area contributed by atoms with E-state index in [2.05, 4.69) is 5.32 Å². The van der Waals surface area contributed by atoms with Gasteiger partial charge in [0, 0.05) is 13.6 Å². The van der Waals surface area contributed by atoms with Gasteiger partial charge in [-0.3, -0.25) is 4.79 Å². The predicted octanol–water partition coefficient (Wildman–Crippen LogP) is 1.63. The fourth-order valence-corrected chi connectivity index (χ4v) is 2.13. The Morgan fingerprint density at radius 3 is 2.60 bits per heavy atom. The van der Waals surface area contributed by atoms with E-state index in [1.54, 1.807) is 4.90 Å². The van der Waals surface area contributed by atoms with Crippen LogP contribution in [0.1, 0.15) is 39.5 Å². The van der Waals surface area contributed by atoms with E-state index in [4.69, 9.17) is 0 Å². The number of hydrogen-bond acceptors (Lipinski definition) is 2. The molecule has 3 heteroatoms. The molecule has 1 rings (SSSR count). The van der Waals surface area contributed by atoms with Gasteiger partial charge in [-0.05, 0) is 39.2 Å². The third kappa shape index (κ3) is 3.82. The number of likely N-dealkylation sites (N-methyl/N-ethyl adjacent to an activating group) is 1. The molecule has 1 aliphatic rings. The van der Waals surface area contributed by atoms with Crippen LogP contribution in [0.25, 0.3) is 0 Å². The molecule has 0 aromatic carbocycles. The first-order valence-electron chi connectivity index (χ1n) is 6.13. The minimum Gasteiger partial charge on any atom is -0.345 e. The van der Waals surface area contributed by atoms with E-state index in [-0.39, 0.29) is 11.9 Å². The van der Waals surface area contributed by atoms with Gasteiger partial charge in [0.05, 0.1) is 6.04 Å². The molecule has 0 aromatic heterocycles. The highest BCUT2D eigenvalue weighted by atomic mass is 16.2. The Morgan fingerprint density at radius 2 is 2.07 bits per heavy atom. The summed E-state index contributed by atoms with van der Waals surface area (Å²) in [6, 6.07) is -0.0319. The summed E-state index contributed by atoms with van der Waals surface area (Å²) >= 11 is 0. The van der Waals surface area contributed by atoms with E-state index < -0.39 is 0 Å². The van der Waals surface area contributed by atoms with Crippen molar-refractivity contribution in [1.29, 1.82) is 0 Å². The minimum atomic E-state index is -0.0319. The molecule has 1 N–H and O–H groups in total. The van der Waals surface area contributed by atoms with Gasteiger partial charge in [-0.1, -0.05) is 12.8 Å². The molecule has 1 unspecified atom stereocenters. The molecule has 1 atom stereocenters. The zero-order chi connectivity index (χ0) is 11.3. The van der Waals surface area contributed by atoms with Crippen LogP contribution in [-0.4, -0.2) is 37.0 Å². The number of nitrogens with one attached hydrogen (secondary N) is 1. The normalized spacial score (nSPS) is 19.1. The van der Waals surface area contributed by atoms with Crippen LogP contribution in [0, 0.1) is 5.92 Å². The lowest BCUT2D eigenvalue weighted by molar-refractivity contribution is -0.131. The summed E-state index contributed by atoms with van der Waals surface area (Å²) in [5.41, 5.74) is 0. The predicted molar refractivity (Wildman–Crippen MR) is 62.7 cm³/mol. The van der Waals surface area contributed by atoms with Gasteiger partial charge in [0.2, 0.25) is 5.91 Å². The maximum atomic E-state index is 11.7. The number of hydrogen-bond donors (Lipinski definition) is 1. The highest BCUT2D eigenvalue weighted by molar-refractivity contribution is 5.81. The molecule has 3 nitrogen and oxygen atoms in total. The summed E-state index contributed by atoms with van der Waals surface area (Å²) in [5, 5.41) is 3.35. The summed E-state index contributed by atoms with van der Waals surface area (Å²) < 4.78 is 0. The monoisotopic (exact) mass is 212 g/mol. The quantitative estimate of drug-likeness (QED) is 0.751. The second kappa shape index (κ2) is 6.11. The first-order valence-corrected chi connectivity index (χ1v) is 6.13. The average Bonchev–Trinajstić information content (AvgIpc) is 2.76. The van der Waals surface area contributed by atoms with Gasteiger partial charge < -0.3 is 10.2 Å². The van der Waals surface area contributed by atoms with Gasteiger partial charge in [0.1, 0.15) is 0 Å². The van der Waals surface area contributed by atoms with Crippen molar-refractivity contribution in [2.75, 3.05) is 20.1 Å². The van der Waals surface area contributed by atoms with Crippen LogP contribution < -0.4 is 5.32 Å². The molecule has 0 heterocycles. The highest BCUT2D eigenvalue weighted by Gasteiger charge is 2.19. The van der Waals surface area contributed by atoms with Crippen molar-refractivity contribution in [3.63, 3.8) is 0 Å². The zero-order valence-electron chi connectivity index (χ0n) is 10.3. The van der Waals surface area contributed by atoms with Gasteiger partial charge in [0.15, 0.2) is 0 Å². The average molecular weight is 212 g/mol. The summed E-state index contributed by atoms with van der Waals surface area (Å²) in [7, 11) is 1.86. The lowest BCUT2D eigenvalue weighted by Crippen LogP contribution is -2.44. The molecule has 15 heavy (non-hydrogen) atoms. The first kappa shape index (κ1) is 12.5. The van der Waals surface area contributed by atoms with E-state index >= 15 is 0 Å². The number of amides is 1. The van der Waals surface area contributed by atoms with Gasteiger partial charge in [-0.25, -0.2) is 0 Å². The summed E-state index contributed by atoms with van der Waals surface area (Å²) in [5.74, 6) is 1.00. The molecule has 1 amide bonds. The van der Waals surface area contributed by atoms with Gasteiger partial charge in [-0.2, -0.15) is 0 Å². The van der Waals surface area contributed by atoms with E-state index in [1.165, 1.54) is 25.7 Å². The molecule has 1 aliphatic carbocycles.